The second-order valence-electron chi connectivity index (χ2n) is 5.19. The van der Waals surface area contributed by atoms with E-state index in [9.17, 15) is 23.2 Å². The summed E-state index contributed by atoms with van der Waals surface area (Å²) in [6.45, 7) is -4.08. The van der Waals surface area contributed by atoms with E-state index >= 15 is 0 Å². The molecule has 0 bridgehead atoms. The lowest BCUT2D eigenvalue weighted by molar-refractivity contribution is -0.150. The number of nitrogens with one attached hydrogen (secondary N) is 1. The number of hydrogen-bond acceptors (Lipinski definition) is 6. The average Bonchev–Trinajstić information content (AvgIpc) is 2.65. The van der Waals surface area contributed by atoms with Crippen LogP contribution in [0.2, 0.25) is 0 Å². The van der Waals surface area contributed by atoms with Crippen molar-refractivity contribution in [1.29, 1.82) is 0 Å². The zero-order valence-electron chi connectivity index (χ0n) is 14.2. The maximum Gasteiger partial charge on any atom is 0.387 e. The molecule has 2 aromatic carbocycles. The van der Waals surface area contributed by atoms with Gasteiger partial charge in [0.25, 0.3) is 11.8 Å². The van der Waals surface area contributed by atoms with Crippen LogP contribution in [0.3, 0.4) is 0 Å². The van der Waals surface area contributed by atoms with Crippen molar-refractivity contribution < 1.29 is 37.4 Å². The monoisotopic (exact) mass is 457 g/mol. The molecule has 2 aromatic rings. The summed E-state index contributed by atoms with van der Waals surface area (Å²) in [4.78, 5) is 35.2. The molecule has 0 unspecified atom stereocenters. The highest BCUT2D eigenvalue weighted by atomic mass is 79.9. The fourth-order valence-corrected chi connectivity index (χ4v) is 2.29. The molecule has 7 nitrogen and oxygen atoms in total. The molecule has 10 heteroatoms. The molecule has 0 saturated carbocycles. The van der Waals surface area contributed by atoms with Gasteiger partial charge in [0.05, 0.1) is 0 Å². The van der Waals surface area contributed by atoms with Gasteiger partial charge in [0, 0.05) is 10.0 Å². The van der Waals surface area contributed by atoms with Gasteiger partial charge in [-0.2, -0.15) is 8.78 Å². The largest absolute Gasteiger partial charge is 0.482 e. The van der Waals surface area contributed by atoms with E-state index in [1.54, 1.807) is 24.3 Å². The smallest absolute Gasteiger partial charge is 0.387 e. The fourth-order valence-electron chi connectivity index (χ4n) is 1.91. The van der Waals surface area contributed by atoms with E-state index in [0.29, 0.717) is 5.75 Å². The van der Waals surface area contributed by atoms with Gasteiger partial charge >= 0.3 is 12.6 Å². The van der Waals surface area contributed by atoms with Gasteiger partial charge in [-0.25, -0.2) is 4.79 Å². The molecular formula is C18H14BrF2NO6. The van der Waals surface area contributed by atoms with Crippen molar-refractivity contribution in [1.82, 2.24) is 5.32 Å². The van der Waals surface area contributed by atoms with Crippen molar-refractivity contribution in [2.75, 3.05) is 13.2 Å². The van der Waals surface area contributed by atoms with Crippen LogP contribution in [-0.2, 0) is 14.3 Å². The number of ether oxygens (including phenoxy) is 3. The third-order valence-corrected chi connectivity index (χ3v) is 3.60. The Morgan fingerprint density at radius 3 is 2.36 bits per heavy atom. The molecule has 0 saturated heterocycles. The van der Waals surface area contributed by atoms with Crippen molar-refractivity contribution in [2.24, 2.45) is 0 Å². The van der Waals surface area contributed by atoms with E-state index in [4.69, 9.17) is 9.47 Å². The lowest BCUT2D eigenvalue weighted by Gasteiger charge is -2.08. The van der Waals surface area contributed by atoms with Gasteiger partial charge in [-0.3, -0.25) is 14.9 Å². The Morgan fingerprint density at radius 2 is 1.71 bits per heavy atom. The van der Waals surface area contributed by atoms with Gasteiger partial charge < -0.3 is 14.2 Å². The SMILES string of the molecule is O=C(COC(=O)COc1cccc(Br)c1)NC(=O)c1ccc(OC(F)F)cc1. The second kappa shape index (κ2) is 10.4. The summed E-state index contributed by atoms with van der Waals surface area (Å²) in [5.41, 5.74) is 0.0410. The summed E-state index contributed by atoms with van der Waals surface area (Å²) in [5.74, 6) is -2.12. The molecule has 28 heavy (non-hydrogen) atoms. The molecule has 0 radical (unpaired) electrons. The minimum atomic E-state index is -2.98. The third-order valence-electron chi connectivity index (χ3n) is 3.11. The molecule has 0 spiro atoms. The number of carbonyl (C=O) groups excluding carboxylic acids is 3. The number of hydrogen-bond donors (Lipinski definition) is 1. The van der Waals surface area contributed by atoms with E-state index < -0.39 is 37.6 Å². The summed E-state index contributed by atoms with van der Waals surface area (Å²) >= 11 is 3.25. The van der Waals surface area contributed by atoms with Crippen LogP contribution in [0.5, 0.6) is 11.5 Å². The Kier molecular flexibility index (Phi) is 7.88. The van der Waals surface area contributed by atoms with Crippen LogP contribution in [0.1, 0.15) is 10.4 Å². The van der Waals surface area contributed by atoms with Crippen molar-refractivity contribution in [2.45, 2.75) is 6.61 Å². The highest BCUT2D eigenvalue weighted by Crippen LogP contribution is 2.17. The Labute approximate surface area is 166 Å². The number of halogens is 3. The first-order chi connectivity index (χ1) is 13.3. The number of amides is 2. The molecule has 148 valence electrons. The third kappa shape index (κ3) is 7.31. The van der Waals surface area contributed by atoms with Gasteiger partial charge in [0.2, 0.25) is 0 Å². The van der Waals surface area contributed by atoms with E-state index in [1.807, 2.05) is 5.32 Å². The first kappa shape index (κ1) is 21.3. The highest BCUT2D eigenvalue weighted by molar-refractivity contribution is 9.10. The Balaban J connectivity index is 1.73. The first-order valence-electron chi connectivity index (χ1n) is 7.76. The van der Waals surface area contributed by atoms with Gasteiger partial charge in [-0.05, 0) is 42.5 Å². The van der Waals surface area contributed by atoms with Crippen LogP contribution >= 0.6 is 15.9 Å². The van der Waals surface area contributed by atoms with Crippen molar-refractivity contribution in [3.63, 3.8) is 0 Å². The quantitative estimate of drug-likeness (QED) is 0.612. The minimum absolute atomic E-state index is 0.0410. The number of benzene rings is 2. The molecule has 1 N–H and O–H groups in total. The molecular weight excluding hydrogens is 444 g/mol. The number of alkyl halides is 2. The predicted octanol–water partition coefficient (Wildman–Crippen LogP) is 2.93. The minimum Gasteiger partial charge on any atom is -0.482 e. The van der Waals surface area contributed by atoms with Crippen LogP contribution in [0.25, 0.3) is 0 Å². The van der Waals surface area contributed by atoms with Gasteiger partial charge in [-0.15, -0.1) is 0 Å². The Bertz CT molecular complexity index is 844. The summed E-state index contributed by atoms with van der Waals surface area (Å²) in [6, 6.07) is 11.5. The lowest BCUT2D eigenvalue weighted by Crippen LogP contribution is -2.34. The summed E-state index contributed by atoms with van der Waals surface area (Å²) in [7, 11) is 0. The number of rotatable bonds is 8. The average molecular weight is 458 g/mol. The number of carbonyl (C=O) groups is 3. The Morgan fingerprint density at radius 1 is 1.00 bits per heavy atom. The highest BCUT2D eigenvalue weighted by Gasteiger charge is 2.14. The van der Waals surface area contributed by atoms with Crippen molar-refractivity contribution in [3.05, 3.63) is 58.6 Å². The molecule has 0 atom stereocenters. The van der Waals surface area contributed by atoms with Gasteiger partial charge in [0.15, 0.2) is 13.2 Å². The van der Waals surface area contributed by atoms with Crippen LogP contribution in [0.15, 0.2) is 53.0 Å². The molecule has 2 rings (SSSR count). The molecule has 0 aliphatic carbocycles. The molecule has 0 aliphatic rings. The summed E-state index contributed by atoms with van der Waals surface area (Å²) in [5, 5.41) is 2.00. The van der Waals surface area contributed by atoms with E-state index in [0.717, 1.165) is 16.6 Å². The molecule has 0 fully saturated rings. The lowest BCUT2D eigenvalue weighted by atomic mass is 10.2. The van der Waals surface area contributed by atoms with Crippen LogP contribution < -0.4 is 14.8 Å². The zero-order chi connectivity index (χ0) is 20.5. The van der Waals surface area contributed by atoms with E-state index in [2.05, 4.69) is 20.7 Å². The number of esters is 1. The van der Waals surface area contributed by atoms with E-state index in [-0.39, 0.29) is 11.3 Å². The van der Waals surface area contributed by atoms with Crippen LogP contribution in [0.4, 0.5) is 8.78 Å². The fraction of sp³-hybridized carbons (Fsp3) is 0.167. The van der Waals surface area contributed by atoms with E-state index in [1.165, 1.54) is 12.1 Å². The second-order valence-corrected chi connectivity index (χ2v) is 6.10. The topological polar surface area (TPSA) is 90.9 Å². The molecule has 0 aliphatic heterocycles. The molecule has 2 amide bonds. The maximum atomic E-state index is 12.1. The maximum absolute atomic E-state index is 12.1. The predicted molar refractivity (Wildman–Crippen MR) is 96.1 cm³/mol. The standard InChI is InChI=1S/C18H14BrF2NO6/c19-12-2-1-3-14(8-12)26-10-16(24)27-9-15(23)22-17(25)11-4-6-13(7-5-11)28-18(20)21/h1-8,18H,9-10H2,(H,22,23,25). The van der Waals surface area contributed by atoms with Crippen molar-refractivity contribution >= 4 is 33.7 Å². The molecule has 0 aromatic heterocycles. The normalized spacial score (nSPS) is 10.3. The molecule has 0 heterocycles. The zero-order valence-corrected chi connectivity index (χ0v) is 15.8. The summed E-state index contributed by atoms with van der Waals surface area (Å²) < 4.78 is 39.0. The van der Waals surface area contributed by atoms with Crippen LogP contribution in [0, 0.1) is 0 Å². The summed E-state index contributed by atoms with van der Waals surface area (Å²) in [6.07, 6.45) is 0. The first-order valence-corrected chi connectivity index (χ1v) is 8.56. The van der Waals surface area contributed by atoms with Gasteiger partial charge in [-0.1, -0.05) is 22.0 Å². The van der Waals surface area contributed by atoms with Gasteiger partial charge in [0.1, 0.15) is 11.5 Å². The van der Waals surface area contributed by atoms with Crippen molar-refractivity contribution in [3.8, 4) is 11.5 Å². The Hall–Kier alpha value is -3.01. The van der Waals surface area contributed by atoms with Crippen LogP contribution in [-0.4, -0.2) is 37.6 Å². The number of imide groups is 1.